The number of pyridine rings is 1. The number of hydrogen-bond donors (Lipinski definition) is 3. The first kappa shape index (κ1) is 21.9. The highest BCUT2D eigenvalue weighted by molar-refractivity contribution is 7.16. The molecule has 3 rings (SSSR count). The van der Waals surface area contributed by atoms with E-state index >= 15 is 0 Å². The number of rotatable bonds is 8. The molecule has 150 valence electrons. The highest BCUT2D eigenvalue weighted by atomic mass is 31.0. The molecule has 2 atom stereocenters. The molecule has 0 bridgehead atoms. The smallest absolute Gasteiger partial charge is 0.150 e. The van der Waals surface area contributed by atoms with E-state index in [2.05, 4.69) is 60.6 Å². The molecule has 6 nitrogen and oxygen atoms in total. The molecular weight excluding hydrogens is 369 g/mol. The minimum atomic E-state index is 0.161. The van der Waals surface area contributed by atoms with Crippen LogP contribution in [0.3, 0.4) is 0 Å². The lowest BCUT2D eigenvalue weighted by Gasteiger charge is -2.22. The summed E-state index contributed by atoms with van der Waals surface area (Å²) in [6, 6.07) is 12.9. The van der Waals surface area contributed by atoms with Crippen LogP contribution in [0, 0.1) is 0 Å². The lowest BCUT2D eigenvalue weighted by atomic mass is 10.1. The predicted molar refractivity (Wildman–Crippen MR) is 122 cm³/mol. The second-order valence-corrected chi connectivity index (χ2v) is 7.02. The van der Waals surface area contributed by atoms with Crippen molar-refractivity contribution in [3.8, 4) is 0 Å². The number of nitrogens with one attached hydrogen (secondary N) is 2. The van der Waals surface area contributed by atoms with Crippen molar-refractivity contribution < 1.29 is 4.79 Å². The van der Waals surface area contributed by atoms with Gasteiger partial charge < -0.3 is 26.1 Å². The van der Waals surface area contributed by atoms with Crippen molar-refractivity contribution in [2.75, 3.05) is 41.3 Å². The Morgan fingerprint density at radius 3 is 2.50 bits per heavy atom. The van der Waals surface area contributed by atoms with Crippen molar-refractivity contribution in [2.24, 2.45) is 5.73 Å². The Hall–Kier alpha value is -2.43. The van der Waals surface area contributed by atoms with Crippen LogP contribution in [0.15, 0.2) is 54.9 Å². The largest absolute Gasteiger partial charge is 0.372 e. The van der Waals surface area contributed by atoms with Gasteiger partial charge in [-0.3, -0.25) is 0 Å². The average Bonchev–Trinajstić information content (AvgIpc) is 3.29. The lowest BCUT2D eigenvalue weighted by Crippen LogP contribution is -2.18. The third-order valence-corrected chi connectivity index (χ3v) is 5.15. The number of aromatic nitrogens is 1. The third kappa shape index (κ3) is 5.78. The highest BCUT2D eigenvalue weighted by Gasteiger charge is 2.15. The van der Waals surface area contributed by atoms with Crippen LogP contribution in [0.2, 0.25) is 0 Å². The number of carbonyl (C=O) groups is 1. The summed E-state index contributed by atoms with van der Waals surface area (Å²) in [5.74, 6) is 0.804. The number of nitrogens with zero attached hydrogens (tertiary/aromatic N) is 2. The SMILES string of the molecule is C=C(CN)Nc1cccnc1NC(CP)c1ccc(N2CCCC2)cc1.C=O. The monoisotopic (exact) mass is 399 g/mol. The van der Waals surface area contributed by atoms with Gasteiger partial charge in [-0.2, -0.15) is 0 Å². The van der Waals surface area contributed by atoms with E-state index in [0.29, 0.717) is 6.54 Å². The van der Waals surface area contributed by atoms with Gasteiger partial charge in [0.25, 0.3) is 0 Å². The van der Waals surface area contributed by atoms with Crippen molar-refractivity contribution in [1.29, 1.82) is 0 Å². The van der Waals surface area contributed by atoms with Gasteiger partial charge >= 0.3 is 0 Å². The normalized spacial score (nSPS) is 14.0. The number of benzene rings is 1. The molecule has 0 amide bonds. The molecular formula is C21H30N5OP. The molecule has 1 aromatic heterocycles. The van der Waals surface area contributed by atoms with Crippen molar-refractivity contribution in [2.45, 2.75) is 18.9 Å². The molecule has 28 heavy (non-hydrogen) atoms. The van der Waals surface area contributed by atoms with Gasteiger partial charge in [0.15, 0.2) is 0 Å². The van der Waals surface area contributed by atoms with Crippen LogP contribution < -0.4 is 21.3 Å². The van der Waals surface area contributed by atoms with Crippen LogP contribution in [0.25, 0.3) is 0 Å². The fraction of sp³-hybridized carbons (Fsp3) is 0.333. The minimum Gasteiger partial charge on any atom is -0.372 e. The highest BCUT2D eigenvalue weighted by Crippen LogP contribution is 2.28. The molecule has 2 unspecified atom stereocenters. The van der Waals surface area contributed by atoms with E-state index in [9.17, 15) is 0 Å². The van der Waals surface area contributed by atoms with Gasteiger partial charge in [-0.25, -0.2) is 4.98 Å². The second kappa shape index (κ2) is 11.4. The molecule has 0 spiro atoms. The van der Waals surface area contributed by atoms with E-state index in [0.717, 1.165) is 23.4 Å². The summed E-state index contributed by atoms with van der Waals surface area (Å²) in [4.78, 5) is 14.9. The summed E-state index contributed by atoms with van der Waals surface area (Å²) in [5.41, 5.74) is 9.86. The molecule has 0 radical (unpaired) electrons. The Labute approximate surface area is 169 Å². The number of hydrogen-bond acceptors (Lipinski definition) is 6. The standard InChI is InChI=1S/C20H28N5P.CH2O/c1-15(13-21)23-18-5-4-10-22-20(18)24-19(14-26)16-6-8-17(9-7-16)25-11-2-3-12-25;1-2/h4-10,19,23H,1-3,11-14,21,26H2,(H,22,24);1H2. The molecule has 7 heteroatoms. The second-order valence-electron chi connectivity index (χ2n) is 6.55. The molecule has 4 N–H and O–H groups in total. The summed E-state index contributed by atoms with van der Waals surface area (Å²) in [5, 5.41) is 6.77. The molecule has 1 fully saturated rings. The molecule has 1 aromatic carbocycles. The van der Waals surface area contributed by atoms with E-state index in [1.54, 1.807) is 6.20 Å². The van der Waals surface area contributed by atoms with Gasteiger partial charge in [0.05, 0.1) is 11.7 Å². The van der Waals surface area contributed by atoms with Crippen LogP contribution in [-0.2, 0) is 4.79 Å². The number of carbonyl (C=O) groups excluding carboxylic acids is 1. The van der Waals surface area contributed by atoms with Crippen LogP contribution in [0.1, 0.15) is 24.4 Å². The molecule has 2 aromatic rings. The van der Waals surface area contributed by atoms with E-state index in [4.69, 9.17) is 10.5 Å². The molecule has 1 aliphatic rings. The fourth-order valence-corrected chi connectivity index (χ4v) is 3.59. The van der Waals surface area contributed by atoms with Crippen molar-refractivity contribution in [1.82, 2.24) is 4.98 Å². The minimum absolute atomic E-state index is 0.161. The number of anilines is 3. The number of nitrogens with two attached hydrogens (primary N) is 1. The topological polar surface area (TPSA) is 83.3 Å². The third-order valence-electron chi connectivity index (χ3n) is 4.68. The fourth-order valence-electron chi connectivity index (χ4n) is 3.20. The zero-order valence-corrected chi connectivity index (χ0v) is 17.4. The van der Waals surface area contributed by atoms with Gasteiger partial charge in [0.2, 0.25) is 0 Å². The van der Waals surface area contributed by atoms with Gasteiger partial charge in [-0.1, -0.05) is 18.7 Å². The van der Waals surface area contributed by atoms with Crippen LogP contribution in [0.5, 0.6) is 0 Å². The Bertz CT molecular complexity index is 747. The molecule has 0 saturated carbocycles. The maximum Gasteiger partial charge on any atom is 0.150 e. The average molecular weight is 399 g/mol. The van der Waals surface area contributed by atoms with Crippen LogP contribution in [0.4, 0.5) is 17.2 Å². The summed E-state index contributed by atoms with van der Waals surface area (Å²) >= 11 is 0. The maximum atomic E-state index is 8.00. The predicted octanol–water partition coefficient (Wildman–Crippen LogP) is 3.41. The molecule has 2 heterocycles. The first-order chi connectivity index (χ1) is 13.7. The van der Waals surface area contributed by atoms with Gasteiger partial charge in [0, 0.05) is 37.2 Å². The summed E-state index contributed by atoms with van der Waals surface area (Å²) < 4.78 is 0. The summed E-state index contributed by atoms with van der Waals surface area (Å²) in [6.45, 7) is 8.63. The van der Waals surface area contributed by atoms with Crippen molar-refractivity contribution >= 4 is 33.2 Å². The first-order valence-electron chi connectivity index (χ1n) is 9.41. The van der Waals surface area contributed by atoms with Crippen LogP contribution in [-0.4, -0.2) is 37.6 Å². The van der Waals surface area contributed by atoms with Crippen molar-refractivity contribution in [3.63, 3.8) is 0 Å². The van der Waals surface area contributed by atoms with E-state index in [1.165, 1.54) is 37.2 Å². The molecule has 1 aliphatic heterocycles. The lowest BCUT2D eigenvalue weighted by molar-refractivity contribution is -0.0979. The van der Waals surface area contributed by atoms with E-state index in [-0.39, 0.29) is 6.04 Å². The van der Waals surface area contributed by atoms with Crippen molar-refractivity contribution in [3.05, 3.63) is 60.4 Å². The maximum absolute atomic E-state index is 8.00. The Morgan fingerprint density at radius 2 is 1.89 bits per heavy atom. The first-order valence-corrected chi connectivity index (χ1v) is 10.2. The molecule has 0 aliphatic carbocycles. The van der Waals surface area contributed by atoms with Gasteiger partial charge in [-0.15, -0.1) is 9.24 Å². The summed E-state index contributed by atoms with van der Waals surface area (Å²) in [6.07, 6.45) is 5.26. The van der Waals surface area contributed by atoms with Gasteiger partial charge in [0.1, 0.15) is 12.6 Å². The quantitative estimate of drug-likeness (QED) is 0.590. The van der Waals surface area contributed by atoms with E-state index < -0.39 is 0 Å². The Balaban J connectivity index is 0.00000136. The zero-order chi connectivity index (χ0) is 20.4. The van der Waals surface area contributed by atoms with Crippen LogP contribution >= 0.6 is 9.24 Å². The zero-order valence-electron chi connectivity index (χ0n) is 16.2. The Kier molecular flexibility index (Phi) is 8.92. The Morgan fingerprint density at radius 1 is 1.21 bits per heavy atom. The van der Waals surface area contributed by atoms with E-state index in [1.807, 2.05) is 18.9 Å². The molecule has 1 saturated heterocycles. The summed E-state index contributed by atoms with van der Waals surface area (Å²) in [7, 11) is 2.82. The van der Waals surface area contributed by atoms with Gasteiger partial charge in [-0.05, 0) is 48.8 Å².